The highest BCUT2D eigenvalue weighted by molar-refractivity contribution is 5.79. The van der Waals surface area contributed by atoms with Gasteiger partial charge in [0.2, 0.25) is 6.41 Å². The first-order chi connectivity index (χ1) is 16.6. The summed E-state index contributed by atoms with van der Waals surface area (Å²) >= 11 is 0. The topological polar surface area (TPSA) is 80.2 Å². The lowest BCUT2D eigenvalue weighted by molar-refractivity contribution is -0.107. The monoisotopic (exact) mass is 465 g/mol. The number of alkyl halides is 1. The van der Waals surface area contributed by atoms with E-state index in [1.54, 1.807) is 11.0 Å². The van der Waals surface area contributed by atoms with Crippen LogP contribution >= 0.6 is 0 Å². The van der Waals surface area contributed by atoms with Crippen LogP contribution in [0.25, 0.3) is 11.3 Å². The van der Waals surface area contributed by atoms with Crippen LogP contribution in [0.2, 0.25) is 0 Å². The Hall–Kier alpha value is -3.46. The summed E-state index contributed by atoms with van der Waals surface area (Å²) in [5.41, 5.74) is 1.83. The lowest BCUT2D eigenvalue weighted by Crippen LogP contribution is -2.49. The van der Waals surface area contributed by atoms with Crippen LogP contribution < -0.4 is 10.2 Å². The van der Waals surface area contributed by atoms with Gasteiger partial charge in [-0.25, -0.2) is 8.78 Å². The number of pyridine rings is 1. The zero-order chi connectivity index (χ0) is 23.5. The van der Waals surface area contributed by atoms with Crippen molar-refractivity contribution < 1.29 is 18.3 Å². The number of benzene rings is 1. The standard InChI is InChI=1S/C25H25F2N5O2/c26-18-12-25(13-18,24-21(27)5-2-9-28-24)15-29-23-7-6-22(30-31-23)17-3-1-4-19(11-17)32(16-33)20-8-10-34-14-20/h1-7,9,11,16,18,20H,8,10,12-15H2,(H,29,31)/t18?,20-,25?/m0/s1. The summed E-state index contributed by atoms with van der Waals surface area (Å²) in [6, 6.07) is 14.1. The first-order valence-electron chi connectivity index (χ1n) is 11.3. The van der Waals surface area contributed by atoms with Crippen LogP contribution in [0, 0.1) is 5.82 Å². The Morgan fingerprint density at radius 1 is 1.18 bits per heavy atom. The van der Waals surface area contributed by atoms with Gasteiger partial charge in [-0.2, -0.15) is 0 Å². The SMILES string of the molecule is O=CN(c1cccc(-c2ccc(NCC3(c4ncccc4F)CC(F)C3)nn2)c1)[C@H]1CCOC1. The Kier molecular flexibility index (Phi) is 6.19. The molecule has 1 aromatic carbocycles. The number of aromatic nitrogens is 3. The van der Waals surface area contributed by atoms with Crippen molar-refractivity contribution in [3.05, 3.63) is 66.2 Å². The lowest BCUT2D eigenvalue weighted by atomic mass is 9.65. The second-order valence-corrected chi connectivity index (χ2v) is 8.86. The van der Waals surface area contributed by atoms with Gasteiger partial charge in [-0.3, -0.25) is 9.78 Å². The Balaban J connectivity index is 1.30. The fourth-order valence-electron chi connectivity index (χ4n) is 4.75. The summed E-state index contributed by atoms with van der Waals surface area (Å²) in [5, 5.41) is 11.7. The number of carbonyl (C=O) groups excluding carboxylic acids is 1. The molecule has 2 aliphatic rings. The third kappa shape index (κ3) is 4.35. The second-order valence-electron chi connectivity index (χ2n) is 8.86. The number of anilines is 2. The number of hydrogen-bond donors (Lipinski definition) is 1. The number of nitrogens with zero attached hydrogens (tertiary/aromatic N) is 4. The summed E-state index contributed by atoms with van der Waals surface area (Å²) in [7, 11) is 0. The van der Waals surface area contributed by atoms with Crippen LogP contribution in [0.3, 0.4) is 0 Å². The highest BCUT2D eigenvalue weighted by Crippen LogP contribution is 2.45. The Labute approximate surface area is 196 Å². The Morgan fingerprint density at radius 3 is 2.74 bits per heavy atom. The van der Waals surface area contributed by atoms with Crippen molar-refractivity contribution in [2.75, 3.05) is 30.0 Å². The van der Waals surface area contributed by atoms with Crippen LogP contribution in [0.5, 0.6) is 0 Å². The van der Waals surface area contributed by atoms with Crippen molar-refractivity contribution in [3.63, 3.8) is 0 Å². The number of rotatable bonds is 8. The van der Waals surface area contributed by atoms with Crippen molar-refractivity contribution in [1.29, 1.82) is 0 Å². The predicted octanol–water partition coefficient (Wildman–Crippen LogP) is 3.91. The van der Waals surface area contributed by atoms with Crippen LogP contribution in [0.4, 0.5) is 20.3 Å². The molecule has 0 spiro atoms. The molecule has 1 saturated heterocycles. The third-order valence-electron chi connectivity index (χ3n) is 6.61. The normalized spacial score (nSPS) is 23.8. The van der Waals surface area contributed by atoms with Gasteiger partial charge in [-0.15, -0.1) is 10.2 Å². The predicted molar refractivity (Wildman–Crippen MR) is 124 cm³/mol. The minimum atomic E-state index is -0.967. The molecule has 1 saturated carbocycles. The third-order valence-corrected chi connectivity index (χ3v) is 6.61. The molecule has 34 heavy (non-hydrogen) atoms. The van der Waals surface area contributed by atoms with E-state index in [9.17, 15) is 13.6 Å². The van der Waals surface area contributed by atoms with Gasteiger partial charge in [0.25, 0.3) is 0 Å². The maximum absolute atomic E-state index is 14.3. The van der Waals surface area contributed by atoms with Gasteiger partial charge in [0.1, 0.15) is 17.8 Å². The van der Waals surface area contributed by atoms with Gasteiger partial charge in [-0.1, -0.05) is 12.1 Å². The minimum absolute atomic E-state index is 0.0251. The maximum Gasteiger partial charge on any atom is 0.214 e. The van der Waals surface area contributed by atoms with Gasteiger partial charge in [0, 0.05) is 36.0 Å². The highest BCUT2D eigenvalue weighted by atomic mass is 19.1. The Morgan fingerprint density at radius 2 is 2.06 bits per heavy atom. The summed E-state index contributed by atoms with van der Waals surface area (Å²) in [5.74, 6) is 0.0848. The zero-order valence-corrected chi connectivity index (χ0v) is 18.5. The number of amides is 1. The molecule has 2 aromatic heterocycles. The van der Waals surface area contributed by atoms with Crippen molar-refractivity contribution in [2.24, 2.45) is 0 Å². The van der Waals surface area contributed by atoms with E-state index < -0.39 is 17.4 Å². The number of ether oxygens (including phenoxy) is 1. The van der Waals surface area contributed by atoms with Crippen molar-refractivity contribution in [2.45, 2.75) is 36.9 Å². The van der Waals surface area contributed by atoms with E-state index in [2.05, 4.69) is 20.5 Å². The summed E-state index contributed by atoms with van der Waals surface area (Å²) < 4.78 is 33.5. The average molecular weight is 466 g/mol. The van der Waals surface area contributed by atoms with Crippen molar-refractivity contribution >= 4 is 17.9 Å². The van der Waals surface area contributed by atoms with Crippen molar-refractivity contribution in [1.82, 2.24) is 15.2 Å². The fraction of sp³-hybridized carbons (Fsp3) is 0.360. The molecule has 5 rings (SSSR count). The molecule has 3 aromatic rings. The Bertz CT molecular complexity index is 1150. The van der Waals surface area contributed by atoms with Crippen LogP contribution in [0.15, 0.2) is 54.7 Å². The summed E-state index contributed by atoms with van der Waals surface area (Å²) in [4.78, 5) is 17.6. The van der Waals surface area contributed by atoms with Gasteiger partial charge in [-0.05, 0) is 55.7 Å². The molecule has 3 heterocycles. The molecule has 1 N–H and O–H groups in total. The fourth-order valence-corrected chi connectivity index (χ4v) is 4.75. The van der Waals surface area contributed by atoms with Crippen LogP contribution in [0.1, 0.15) is 25.0 Å². The number of carbonyl (C=O) groups is 1. The van der Waals surface area contributed by atoms with E-state index in [1.165, 1.54) is 18.3 Å². The molecule has 1 aliphatic heterocycles. The van der Waals surface area contributed by atoms with Crippen LogP contribution in [-0.2, 0) is 14.9 Å². The smallest absolute Gasteiger partial charge is 0.214 e. The molecule has 176 valence electrons. The molecule has 0 radical (unpaired) electrons. The average Bonchev–Trinajstić information content (AvgIpc) is 3.37. The molecule has 0 bridgehead atoms. The van der Waals surface area contributed by atoms with Crippen LogP contribution in [-0.4, -0.2) is 53.6 Å². The minimum Gasteiger partial charge on any atom is -0.379 e. The van der Waals surface area contributed by atoms with E-state index in [0.29, 0.717) is 31.3 Å². The molecular weight excluding hydrogens is 440 g/mol. The van der Waals surface area contributed by atoms with Gasteiger partial charge in [0.05, 0.1) is 24.0 Å². The molecule has 0 unspecified atom stereocenters. The van der Waals surface area contributed by atoms with Crippen molar-refractivity contribution in [3.8, 4) is 11.3 Å². The van der Waals surface area contributed by atoms with E-state index in [1.807, 2.05) is 30.3 Å². The van der Waals surface area contributed by atoms with E-state index in [-0.39, 0.29) is 24.6 Å². The number of hydrogen-bond acceptors (Lipinski definition) is 6. The van der Waals surface area contributed by atoms with Gasteiger partial charge < -0.3 is 15.0 Å². The molecule has 1 atom stereocenters. The molecular formula is C25H25F2N5O2. The molecule has 9 heteroatoms. The van der Waals surface area contributed by atoms with Gasteiger partial charge >= 0.3 is 0 Å². The maximum atomic E-state index is 14.3. The van der Waals surface area contributed by atoms with E-state index in [4.69, 9.17) is 4.74 Å². The largest absolute Gasteiger partial charge is 0.379 e. The highest BCUT2D eigenvalue weighted by Gasteiger charge is 2.48. The summed E-state index contributed by atoms with van der Waals surface area (Å²) in [6.45, 7) is 1.48. The number of halogens is 2. The molecule has 1 aliphatic carbocycles. The van der Waals surface area contributed by atoms with E-state index in [0.717, 1.165) is 24.1 Å². The molecule has 7 nitrogen and oxygen atoms in total. The first-order valence-corrected chi connectivity index (χ1v) is 11.3. The lowest BCUT2D eigenvalue weighted by Gasteiger charge is -2.44. The van der Waals surface area contributed by atoms with Gasteiger partial charge in [0.15, 0.2) is 0 Å². The molecule has 2 fully saturated rings. The second kappa shape index (κ2) is 9.42. The van der Waals surface area contributed by atoms with E-state index >= 15 is 0 Å². The summed E-state index contributed by atoms with van der Waals surface area (Å²) in [6.07, 6.45) is 2.62. The number of nitrogens with one attached hydrogen (secondary N) is 1. The molecule has 1 amide bonds. The zero-order valence-electron chi connectivity index (χ0n) is 18.5. The quantitative estimate of drug-likeness (QED) is 0.508. The first kappa shape index (κ1) is 22.3.